The van der Waals surface area contributed by atoms with Crippen LogP contribution in [0.2, 0.25) is 0 Å². The first-order valence-corrected chi connectivity index (χ1v) is 4.42. The number of alkyl halides is 11. The number of halogens is 11. The third kappa shape index (κ3) is 1.56. The van der Waals surface area contributed by atoms with Gasteiger partial charge in [-0.15, -0.1) is 4.89 Å². The third-order valence-electron chi connectivity index (χ3n) is 2.59. The SMILES string of the molecule is O=COOC1(F)C(F)(F)C(F)(F)C(F)(F)C(F)(F)C1(F)F. The summed E-state index contributed by atoms with van der Waals surface area (Å²) in [7, 11) is 0. The van der Waals surface area contributed by atoms with Crippen molar-refractivity contribution in [2.75, 3.05) is 0 Å². The van der Waals surface area contributed by atoms with Crippen LogP contribution in [0, 0.1) is 0 Å². The van der Waals surface area contributed by atoms with Crippen molar-refractivity contribution in [1.29, 1.82) is 0 Å². The Morgan fingerprint density at radius 2 is 0.857 bits per heavy atom. The molecule has 0 aromatic heterocycles. The summed E-state index contributed by atoms with van der Waals surface area (Å²) in [6.45, 7) is -1.21. The minimum Gasteiger partial charge on any atom is -0.298 e. The Bertz CT molecular complexity index is 415. The van der Waals surface area contributed by atoms with Gasteiger partial charge in [-0.2, -0.15) is 48.3 Å². The number of rotatable bonds is 3. The topological polar surface area (TPSA) is 35.5 Å². The summed E-state index contributed by atoms with van der Waals surface area (Å²) in [4.78, 5) is 14.4. The molecule has 124 valence electrons. The summed E-state index contributed by atoms with van der Waals surface area (Å²) in [5.41, 5.74) is 0. The van der Waals surface area contributed by atoms with E-state index in [1.807, 2.05) is 0 Å². The van der Waals surface area contributed by atoms with Gasteiger partial charge < -0.3 is 0 Å². The van der Waals surface area contributed by atoms with Gasteiger partial charge >= 0.3 is 41.9 Å². The van der Waals surface area contributed by atoms with E-state index in [9.17, 15) is 53.1 Å². The van der Waals surface area contributed by atoms with Crippen LogP contribution in [0.1, 0.15) is 0 Å². The van der Waals surface area contributed by atoms with Gasteiger partial charge in [0.25, 0.3) is 0 Å². The van der Waals surface area contributed by atoms with Crippen LogP contribution in [0.3, 0.4) is 0 Å². The maximum Gasteiger partial charge on any atom is 0.389 e. The van der Waals surface area contributed by atoms with Gasteiger partial charge in [-0.3, -0.25) is 9.68 Å². The molecule has 0 unspecified atom stereocenters. The highest BCUT2D eigenvalue weighted by molar-refractivity contribution is 5.36. The number of carbonyl (C=O) groups is 1. The number of hydrogen-bond acceptors (Lipinski definition) is 3. The number of carbonyl (C=O) groups excluding carboxylic acids is 1. The summed E-state index contributed by atoms with van der Waals surface area (Å²) in [6, 6.07) is 0. The zero-order valence-corrected chi connectivity index (χ0v) is 8.96. The molecule has 0 bridgehead atoms. The fourth-order valence-electron chi connectivity index (χ4n) is 1.38. The van der Waals surface area contributed by atoms with Gasteiger partial charge in [-0.05, 0) is 0 Å². The molecule has 0 amide bonds. The van der Waals surface area contributed by atoms with Crippen molar-refractivity contribution in [1.82, 2.24) is 0 Å². The third-order valence-corrected chi connectivity index (χ3v) is 2.59. The molecule has 0 spiro atoms. The molecular formula is C7HF11O3. The van der Waals surface area contributed by atoms with Crippen molar-refractivity contribution in [2.24, 2.45) is 0 Å². The summed E-state index contributed by atoms with van der Waals surface area (Å²) in [6.07, 6.45) is 0. The second-order valence-corrected chi connectivity index (χ2v) is 3.74. The smallest absolute Gasteiger partial charge is 0.298 e. The molecule has 3 nitrogen and oxygen atoms in total. The summed E-state index contributed by atoms with van der Waals surface area (Å²) >= 11 is 0. The van der Waals surface area contributed by atoms with Crippen molar-refractivity contribution in [3.05, 3.63) is 0 Å². The van der Waals surface area contributed by atoms with Crippen LogP contribution in [0.4, 0.5) is 48.3 Å². The van der Waals surface area contributed by atoms with E-state index in [1.54, 1.807) is 0 Å². The van der Waals surface area contributed by atoms with Crippen LogP contribution < -0.4 is 0 Å². The van der Waals surface area contributed by atoms with Gasteiger partial charge in [0.2, 0.25) is 0 Å². The van der Waals surface area contributed by atoms with Gasteiger partial charge in [-0.1, -0.05) is 0 Å². The van der Waals surface area contributed by atoms with Crippen LogP contribution in [0.25, 0.3) is 0 Å². The molecule has 1 aliphatic rings. The zero-order chi connectivity index (χ0) is 17.1. The average molecular weight is 342 g/mol. The zero-order valence-electron chi connectivity index (χ0n) is 8.96. The minimum absolute atomic E-state index is 1.21. The first kappa shape index (κ1) is 17.7. The molecule has 0 aromatic carbocycles. The quantitative estimate of drug-likeness (QED) is 0.342. The van der Waals surface area contributed by atoms with Crippen LogP contribution in [0.5, 0.6) is 0 Å². The average Bonchev–Trinajstić information content (AvgIpc) is 2.33. The van der Waals surface area contributed by atoms with Crippen molar-refractivity contribution < 1.29 is 62.9 Å². The van der Waals surface area contributed by atoms with Crippen LogP contribution in [-0.4, -0.2) is 41.9 Å². The molecule has 0 atom stereocenters. The Labute approximate surface area is 106 Å². The highest BCUT2D eigenvalue weighted by Crippen LogP contribution is 2.69. The lowest BCUT2D eigenvalue weighted by molar-refractivity contribution is -0.561. The van der Waals surface area contributed by atoms with E-state index in [4.69, 9.17) is 0 Å². The first-order chi connectivity index (χ1) is 9.06. The predicted molar refractivity (Wildman–Crippen MR) is 36.8 cm³/mol. The van der Waals surface area contributed by atoms with Crippen molar-refractivity contribution in [2.45, 2.75) is 35.5 Å². The lowest BCUT2D eigenvalue weighted by atomic mass is 9.79. The van der Waals surface area contributed by atoms with Gasteiger partial charge in [-0.25, -0.2) is 0 Å². The van der Waals surface area contributed by atoms with E-state index in [2.05, 4.69) is 9.78 Å². The second-order valence-electron chi connectivity index (χ2n) is 3.74. The molecule has 1 saturated carbocycles. The molecule has 1 aliphatic carbocycles. The summed E-state index contributed by atoms with van der Waals surface area (Å²) < 4.78 is 141. The van der Waals surface area contributed by atoms with Gasteiger partial charge in [0.1, 0.15) is 0 Å². The number of hydrogen-bond donors (Lipinski definition) is 0. The lowest BCUT2D eigenvalue weighted by Gasteiger charge is -2.50. The lowest BCUT2D eigenvalue weighted by Crippen LogP contribution is -2.84. The molecule has 0 saturated heterocycles. The van der Waals surface area contributed by atoms with Crippen LogP contribution in [-0.2, 0) is 14.6 Å². The van der Waals surface area contributed by atoms with Crippen LogP contribution >= 0.6 is 0 Å². The summed E-state index contributed by atoms with van der Waals surface area (Å²) in [5, 5.41) is 0. The molecule has 21 heavy (non-hydrogen) atoms. The Morgan fingerprint density at radius 3 is 1.14 bits per heavy atom. The fourth-order valence-corrected chi connectivity index (χ4v) is 1.38. The van der Waals surface area contributed by atoms with E-state index in [0.717, 1.165) is 0 Å². The van der Waals surface area contributed by atoms with E-state index in [1.165, 1.54) is 0 Å². The molecule has 0 aromatic rings. The van der Waals surface area contributed by atoms with Crippen molar-refractivity contribution in [3.63, 3.8) is 0 Å². The minimum atomic E-state index is -7.34. The Morgan fingerprint density at radius 1 is 0.571 bits per heavy atom. The Balaban J connectivity index is 3.69. The maximum absolute atomic E-state index is 13.4. The maximum atomic E-state index is 13.4. The van der Waals surface area contributed by atoms with Gasteiger partial charge in [0, 0.05) is 0 Å². The first-order valence-electron chi connectivity index (χ1n) is 4.42. The Hall–Kier alpha value is -1.34. The normalized spacial score (nSPS) is 30.4. The molecule has 0 N–H and O–H groups in total. The van der Waals surface area contributed by atoms with E-state index < -0.39 is 41.9 Å². The molecule has 0 aliphatic heterocycles. The van der Waals surface area contributed by atoms with E-state index in [0.29, 0.717) is 0 Å². The van der Waals surface area contributed by atoms with Crippen molar-refractivity contribution >= 4 is 6.47 Å². The van der Waals surface area contributed by atoms with Crippen molar-refractivity contribution in [3.8, 4) is 0 Å². The second kappa shape index (κ2) is 4.10. The van der Waals surface area contributed by atoms with E-state index >= 15 is 0 Å². The van der Waals surface area contributed by atoms with Gasteiger partial charge in [0.05, 0.1) is 0 Å². The largest absolute Gasteiger partial charge is 0.389 e. The monoisotopic (exact) mass is 342 g/mol. The van der Waals surface area contributed by atoms with Gasteiger partial charge in [0.15, 0.2) is 0 Å². The highest BCUT2D eigenvalue weighted by atomic mass is 19.4. The standard InChI is InChI=1S/C7HF11O3/c8-2(9)3(10,11)5(14,15)7(18,21-20-1-19)6(16,17)4(2,12)13/h1H. The Kier molecular flexibility index (Phi) is 3.46. The molecule has 0 heterocycles. The molecule has 0 radical (unpaired) electrons. The molecule has 14 heteroatoms. The predicted octanol–water partition coefficient (Wildman–Crippen LogP) is 2.95. The fraction of sp³-hybridized carbons (Fsp3) is 0.857. The molecule has 1 rings (SSSR count). The molecular weight excluding hydrogens is 341 g/mol. The van der Waals surface area contributed by atoms with E-state index in [-0.39, 0.29) is 0 Å². The van der Waals surface area contributed by atoms with Crippen LogP contribution in [0.15, 0.2) is 0 Å². The highest BCUT2D eigenvalue weighted by Gasteiger charge is 3.03. The molecule has 1 fully saturated rings. The summed E-state index contributed by atoms with van der Waals surface area (Å²) in [5.74, 6) is -43.1.